The van der Waals surface area contributed by atoms with Gasteiger partial charge in [0.05, 0.1) is 13.0 Å². The molecule has 0 radical (unpaired) electrons. The maximum absolute atomic E-state index is 13.5. The molecular formula is C28H45N3O6. The zero-order valence-corrected chi connectivity index (χ0v) is 23.4. The van der Waals surface area contributed by atoms with Crippen LogP contribution in [0.25, 0.3) is 0 Å². The van der Waals surface area contributed by atoms with Gasteiger partial charge >= 0.3 is 12.1 Å². The lowest BCUT2D eigenvalue weighted by atomic mass is 9.98. The molecule has 2 N–H and O–H groups in total. The van der Waals surface area contributed by atoms with Crippen LogP contribution in [0.2, 0.25) is 0 Å². The number of rotatable bonds is 15. The molecule has 0 bridgehead atoms. The highest BCUT2D eigenvalue weighted by Gasteiger charge is 2.32. The molecule has 0 spiro atoms. The van der Waals surface area contributed by atoms with Gasteiger partial charge in [0.15, 0.2) is 0 Å². The summed E-state index contributed by atoms with van der Waals surface area (Å²) in [4.78, 5) is 52.3. The molecule has 208 valence electrons. The zero-order valence-electron chi connectivity index (χ0n) is 23.4. The Kier molecular flexibility index (Phi) is 14.3. The molecule has 0 saturated heterocycles. The van der Waals surface area contributed by atoms with E-state index >= 15 is 0 Å². The summed E-state index contributed by atoms with van der Waals surface area (Å²) in [5, 5.41) is 5.31. The van der Waals surface area contributed by atoms with E-state index < -0.39 is 35.5 Å². The third-order valence-electron chi connectivity index (χ3n) is 5.58. The molecule has 0 fully saturated rings. The quantitative estimate of drug-likeness (QED) is 0.262. The Hall–Kier alpha value is -3.10. The fraction of sp³-hybridized carbons (Fsp3) is 0.643. The van der Waals surface area contributed by atoms with Crippen molar-refractivity contribution in [2.75, 3.05) is 26.2 Å². The first kappa shape index (κ1) is 31.9. The summed E-state index contributed by atoms with van der Waals surface area (Å²) in [6.45, 7) is 11.4. The summed E-state index contributed by atoms with van der Waals surface area (Å²) in [5.74, 6) is -1.19. The number of alkyl carbamates (subject to hydrolysis) is 1. The smallest absolute Gasteiger partial charge is 0.408 e. The van der Waals surface area contributed by atoms with Gasteiger partial charge in [-0.15, -0.1) is 0 Å². The van der Waals surface area contributed by atoms with E-state index in [0.717, 1.165) is 37.7 Å². The van der Waals surface area contributed by atoms with E-state index in [4.69, 9.17) is 9.47 Å². The average molecular weight is 520 g/mol. The van der Waals surface area contributed by atoms with E-state index in [1.54, 1.807) is 27.7 Å². The molecule has 0 heterocycles. The summed E-state index contributed by atoms with van der Waals surface area (Å²) in [6.07, 6.45) is 4.20. The Labute approximate surface area is 221 Å². The topological polar surface area (TPSA) is 114 Å². The molecule has 1 unspecified atom stereocenters. The molecule has 0 aliphatic heterocycles. The minimum Gasteiger partial charge on any atom is -0.466 e. The van der Waals surface area contributed by atoms with Gasteiger partial charge in [-0.2, -0.15) is 0 Å². The molecular weight excluding hydrogens is 474 g/mol. The molecule has 0 saturated carbocycles. The lowest BCUT2D eigenvalue weighted by Crippen LogP contribution is -2.48. The van der Waals surface area contributed by atoms with Crippen LogP contribution in [-0.4, -0.2) is 60.6 Å². The van der Waals surface area contributed by atoms with Crippen molar-refractivity contribution < 1.29 is 28.7 Å². The number of nitrogens with one attached hydrogen (secondary N) is 2. The van der Waals surface area contributed by atoms with E-state index in [1.165, 1.54) is 4.90 Å². The summed E-state index contributed by atoms with van der Waals surface area (Å²) >= 11 is 0. The maximum atomic E-state index is 13.5. The number of ether oxygens (including phenoxy) is 2. The second-order valence-electron chi connectivity index (χ2n) is 9.96. The molecule has 3 amide bonds. The van der Waals surface area contributed by atoms with Crippen LogP contribution < -0.4 is 10.6 Å². The van der Waals surface area contributed by atoms with Gasteiger partial charge in [-0.3, -0.25) is 14.4 Å². The molecule has 37 heavy (non-hydrogen) atoms. The molecule has 1 rings (SSSR count). The third-order valence-corrected chi connectivity index (χ3v) is 5.58. The summed E-state index contributed by atoms with van der Waals surface area (Å²) in [7, 11) is 0. The van der Waals surface area contributed by atoms with Crippen molar-refractivity contribution in [2.45, 2.75) is 91.7 Å². The number of carbonyl (C=O) groups excluding carboxylic acids is 4. The number of hydrogen-bond donors (Lipinski definition) is 2. The molecule has 1 aromatic carbocycles. The van der Waals surface area contributed by atoms with Crippen molar-refractivity contribution >= 4 is 23.9 Å². The second kappa shape index (κ2) is 16.6. The first-order valence-electron chi connectivity index (χ1n) is 13.2. The fourth-order valence-electron chi connectivity index (χ4n) is 3.81. The highest BCUT2D eigenvalue weighted by Crippen LogP contribution is 2.25. The summed E-state index contributed by atoms with van der Waals surface area (Å²) in [5.41, 5.74) is 0.849. The number of carbonyl (C=O) groups is 4. The summed E-state index contributed by atoms with van der Waals surface area (Å²) in [6, 6.07) is 6.49. The van der Waals surface area contributed by atoms with E-state index in [-0.39, 0.29) is 26.1 Å². The molecule has 0 aromatic heterocycles. The highest BCUT2D eigenvalue weighted by atomic mass is 16.6. The monoisotopic (exact) mass is 519 g/mol. The minimum atomic E-state index is -0.914. The van der Waals surface area contributed by atoms with Gasteiger partial charge in [-0.25, -0.2) is 4.79 Å². The molecule has 1 aromatic rings. The Morgan fingerprint density at radius 2 is 1.65 bits per heavy atom. The van der Waals surface area contributed by atoms with Gasteiger partial charge in [-0.05, 0) is 52.2 Å². The van der Waals surface area contributed by atoms with Gasteiger partial charge in [-0.1, -0.05) is 56.9 Å². The first-order valence-corrected chi connectivity index (χ1v) is 13.2. The maximum Gasteiger partial charge on any atom is 0.408 e. The zero-order chi connectivity index (χ0) is 27.8. The Morgan fingerprint density at radius 3 is 2.27 bits per heavy atom. The number of esters is 1. The second-order valence-corrected chi connectivity index (χ2v) is 9.96. The van der Waals surface area contributed by atoms with Crippen molar-refractivity contribution in [3.63, 3.8) is 0 Å². The lowest BCUT2D eigenvalue weighted by Gasteiger charge is -2.32. The van der Waals surface area contributed by atoms with Crippen molar-refractivity contribution in [1.82, 2.24) is 15.5 Å². The predicted molar refractivity (Wildman–Crippen MR) is 143 cm³/mol. The molecule has 0 aliphatic rings. The van der Waals surface area contributed by atoms with E-state index in [1.807, 2.05) is 31.2 Å². The Morgan fingerprint density at radius 1 is 0.973 bits per heavy atom. The standard InChI is InChI=1S/C28H45N3O6/c1-7-9-10-11-14-19-31(23(32)20-30-27(35)37-28(4,5)6)25(22-16-13-12-15-21(22)3)26(34)29-18-17-24(33)36-8-2/h12-13,15-16,25H,7-11,14,17-20H2,1-6H3,(H,29,34)(H,30,35). The van der Waals surface area contributed by atoms with Gasteiger partial charge in [0.1, 0.15) is 18.2 Å². The number of nitrogens with zero attached hydrogens (tertiary/aromatic N) is 1. The largest absolute Gasteiger partial charge is 0.466 e. The van der Waals surface area contributed by atoms with Crippen LogP contribution in [0.5, 0.6) is 0 Å². The van der Waals surface area contributed by atoms with E-state index in [0.29, 0.717) is 12.1 Å². The molecule has 1 atom stereocenters. The van der Waals surface area contributed by atoms with Gasteiger partial charge in [0.2, 0.25) is 11.8 Å². The van der Waals surface area contributed by atoms with Crippen LogP contribution in [0.1, 0.15) is 90.3 Å². The van der Waals surface area contributed by atoms with Crippen LogP contribution in [0.3, 0.4) is 0 Å². The van der Waals surface area contributed by atoms with Crippen LogP contribution in [0.4, 0.5) is 4.79 Å². The van der Waals surface area contributed by atoms with Crippen LogP contribution in [0.15, 0.2) is 24.3 Å². The predicted octanol–water partition coefficient (Wildman–Crippen LogP) is 4.43. The van der Waals surface area contributed by atoms with Crippen molar-refractivity contribution in [3.8, 4) is 0 Å². The Bertz CT molecular complexity index is 881. The fourth-order valence-corrected chi connectivity index (χ4v) is 3.81. The molecule has 0 aliphatic carbocycles. The normalized spacial score (nSPS) is 11.8. The SMILES string of the molecule is CCCCCCCN(C(=O)CNC(=O)OC(C)(C)C)C(C(=O)NCCC(=O)OCC)c1ccccc1C. The number of benzene rings is 1. The first-order chi connectivity index (χ1) is 17.5. The average Bonchev–Trinajstić information content (AvgIpc) is 2.81. The highest BCUT2D eigenvalue weighted by molar-refractivity contribution is 5.90. The Balaban J connectivity index is 3.15. The van der Waals surface area contributed by atoms with E-state index in [2.05, 4.69) is 17.6 Å². The van der Waals surface area contributed by atoms with Gasteiger partial charge < -0.3 is 25.0 Å². The van der Waals surface area contributed by atoms with Crippen molar-refractivity contribution in [2.24, 2.45) is 0 Å². The van der Waals surface area contributed by atoms with Crippen molar-refractivity contribution in [1.29, 1.82) is 0 Å². The molecule has 9 heteroatoms. The number of amides is 3. The number of aryl methyl sites for hydroxylation is 1. The van der Waals surface area contributed by atoms with Crippen LogP contribution >= 0.6 is 0 Å². The van der Waals surface area contributed by atoms with Gasteiger partial charge in [0, 0.05) is 13.1 Å². The number of hydrogen-bond acceptors (Lipinski definition) is 6. The third kappa shape index (κ3) is 12.6. The van der Waals surface area contributed by atoms with Gasteiger partial charge in [0.25, 0.3) is 0 Å². The summed E-state index contributed by atoms with van der Waals surface area (Å²) < 4.78 is 10.2. The lowest BCUT2D eigenvalue weighted by molar-refractivity contribution is -0.143. The van der Waals surface area contributed by atoms with Crippen molar-refractivity contribution in [3.05, 3.63) is 35.4 Å². The molecule has 9 nitrogen and oxygen atoms in total. The van der Waals surface area contributed by atoms with Crippen LogP contribution in [0, 0.1) is 6.92 Å². The van der Waals surface area contributed by atoms with Crippen LogP contribution in [-0.2, 0) is 23.9 Å². The minimum absolute atomic E-state index is 0.0330. The van der Waals surface area contributed by atoms with E-state index in [9.17, 15) is 19.2 Å². The number of unbranched alkanes of at least 4 members (excludes halogenated alkanes) is 4.